The Bertz CT molecular complexity index is 257. The van der Waals surface area contributed by atoms with E-state index in [1.807, 2.05) is 0 Å². The van der Waals surface area contributed by atoms with Gasteiger partial charge in [0.2, 0.25) is 6.41 Å². The number of carbonyl (C=O) groups excluding carboxylic acids is 1. The first-order chi connectivity index (χ1) is 5.58. The van der Waals surface area contributed by atoms with Crippen LogP contribution < -0.4 is 22.1 Å². The molecule has 1 heterocycles. The van der Waals surface area contributed by atoms with Crippen molar-refractivity contribution >= 4 is 12.7 Å². The van der Waals surface area contributed by atoms with Gasteiger partial charge in [-0.15, -0.1) is 0 Å². The molecule has 7 N–H and O–H groups in total. The van der Waals surface area contributed by atoms with Crippen molar-refractivity contribution in [1.29, 1.82) is 0 Å². The second-order valence-electron chi connectivity index (χ2n) is 2.18. The molecule has 0 bridgehead atoms. The summed E-state index contributed by atoms with van der Waals surface area (Å²) in [6, 6.07) is 0. The lowest BCUT2D eigenvalue weighted by Gasteiger charge is -2.25. The van der Waals surface area contributed by atoms with E-state index in [-0.39, 0.29) is 11.5 Å². The Labute approximate surface area is 68.1 Å². The summed E-state index contributed by atoms with van der Waals surface area (Å²) in [5.74, 6) is -1.90. The molecule has 1 atom stereocenters. The molecule has 1 rings (SSSR count). The standard InChI is InChI=1S/C5H9N5O2/c6-4-3(9-2-11)5(7,12)10-1-8-4/h1-2,12H,6-7H2,(H,8,10)(H,9,11). The highest BCUT2D eigenvalue weighted by Gasteiger charge is 2.30. The number of rotatable bonds is 2. The number of hydrogen-bond donors (Lipinski definition) is 5. The minimum absolute atomic E-state index is 0.0575. The van der Waals surface area contributed by atoms with Crippen LogP contribution in [0.15, 0.2) is 16.5 Å². The molecule has 0 radical (unpaired) electrons. The maximum atomic E-state index is 10.1. The number of nitrogens with zero attached hydrogens (tertiary/aromatic N) is 1. The smallest absolute Gasteiger partial charge is 0.258 e. The van der Waals surface area contributed by atoms with Crippen LogP contribution in [-0.2, 0) is 4.79 Å². The van der Waals surface area contributed by atoms with Gasteiger partial charge in [0, 0.05) is 0 Å². The molecule has 66 valence electrons. The fraction of sp³-hybridized carbons (Fsp3) is 0.200. The normalized spacial score (nSPS) is 28.2. The van der Waals surface area contributed by atoms with E-state index in [9.17, 15) is 9.90 Å². The highest BCUT2D eigenvalue weighted by atomic mass is 16.3. The van der Waals surface area contributed by atoms with Crippen molar-refractivity contribution in [3.63, 3.8) is 0 Å². The van der Waals surface area contributed by atoms with Crippen molar-refractivity contribution in [2.45, 2.75) is 5.85 Å². The molecule has 0 saturated heterocycles. The summed E-state index contributed by atoms with van der Waals surface area (Å²) in [6.45, 7) is 0. The van der Waals surface area contributed by atoms with Crippen LogP contribution >= 0.6 is 0 Å². The topological polar surface area (TPSA) is 126 Å². The third-order valence-electron chi connectivity index (χ3n) is 1.32. The third-order valence-corrected chi connectivity index (χ3v) is 1.32. The van der Waals surface area contributed by atoms with E-state index in [1.54, 1.807) is 0 Å². The van der Waals surface area contributed by atoms with Crippen LogP contribution in [0.2, 0.25) is 0 Å². The lowest BCUT2D eigenvalue weighted by atomic mass is 10.3. The van der Waals surface area contributed by atoms with Crippen molar-refractivity contribution in [3.05, 3.63) is 11.5 Å². The summed E-state index contributed by atoms with van der Waals surface area (Å²) < 4.78 is 0. The fourth-order valence-corrected chi connectivity index (χ4v) is 0.778. The van der Waals surface area contributed by atoms with Gasteiger partial charge in [0.15, 0.2) is 0 Å². The average molecular weight is 171 g/mol. The van der Waals surface area contributed by atoms with Gasteiger partial charge in [-0.05, 0) is 0 Å². The van der Waals surface area contributed by atoms with Gasteiger partial charge in [0.05, 0.1) is 6.34 Å². The Hall–Kier alpha value is -1.60. The van der Waals surface area contributed by atoms with Crippen LogP contribution in [0.25, 0.3) is 0 Å². The molecule has 12 heavy (non-hydrogen) atoms. The largest absolute Gasteiger partial charge is 0.384 e. The van der Waals surface area contributed by atoms with E-state index in [2.05, 4.69) is 15.6 Å². The Balaban J connectivity index is 2.95. The zero-order chi connectivity index (χ0) is 9.19. The average Bonchev–Trinajstić information content (AvgIpc) is 1.97. The molecule has 0 aromatic heterocycles. The summed E-state index contributed by atoms with van der Waals surface area (Å²) in [4.78, 5) is 13.5. The molecule has 1 aliphatic rings. The Kier molecular flexibility index (Phi) is 1.98. The fourth-order valence-electron chi connectivity index (χ4n) is 0.778. The van der Waals surface area contributed by atoms with Gasteiger partial charge in [-0.1, -0.05) is 0 Å². The predicted octanol–water partition coefficient (Wildman–Crippen LogP) is -2.90. The van der Waals surface area contributed by atoms with E-state index < -0.39 is 5.85 Å². The highest BCUT2D eigenvalue weighted by Crippen LogP contribution is 2.11. The Morgan fingerprint density at radius 3 is 3.00 bits per heavy atom. The highest BCUT2D eigenvalue weighted by molar-refractivity contribution is 5.63. The van der Waals surface area contributed by atoms with Crippen LogP contribution in [0.3, 0.4) is 0 Å². The summed E-state index contributed by atoms with van der Waals surface area (Å²) in [5, 5.41) is 13.9. The van der Waals surface area contributed by atoms with Gasteiger partial charge in [-0.2, -0.15) is 0 Å². The van der Waals surface area contributed by atoms with Crippen molar-refractivity contribution in [2.75, 3.05) is 0 Å². The summed E-state index contributed by atoms with van der Waals surface area (Å²) in [5.41, 5.74) is 10.5. The first-order valence-electron chi connectivity index (χ1n) is 3.10. The lowest BCUT2D eigenvalue weighted by molar-refractivity contribution is -0.109. The number of nitrogens with two attached hydrogens (primary N) is 2. The van der Waals surface area contributed by atoms with E-state index in [4.69, 9.17) is 11.5 Å². The zero-order valence-electron chi connectivity index (χ0n) is 6.11. The van der Waals surface area contributed by atoms with Crippen LogP contribution in [-0.4, -0.2) is 23.7 Å². The Morgan fingerprint density at radius 1 is 1.83 bits per heavy atom. The van der Waals surface area contributed by atoms with Crippen molar-refractivity contribution in [2.24, 2.45) is 16.5 Å². The maximum absolute atomic E-state index is 10.1. The number of hydrogen-bond acceptors (Lipinski definition) is 6. The lowest BCUT2D eigenvalue weighted by Crippen LogP contribution is -2.51. The van der Waals surface area contributed by atoms with Crippen molar-refractivity contribution < 1.29 is 9.90 Å². The molecule has 7 heteroatoms. The quantitative estimate of drug-likeness (QED) is 0.225. The third kappa shape index (κ3) is 1.36. The maximum Gasteiger partial charge on any atom is 0.258 e. The molecule has 0 aromatic rings. The summed E-state index contributed by atoms with van der Waals surface area (Å²) in [6.07, 6.45) is 1.49. The minimum atomic E-state index is -1.96. The molecule has 0 aromatic carbocycles. The molecule has 1 amide bonds. The molecule has 1 unspecified atom stereocenters. The van der Waals surface area contributed by atoms with Crippen LogP contribution in [0.5, 0.6) is 0 Å². The van der Waals surface area contributed by atoms with Gasteiger partial charge in [-0.3, -0.25) is 10.5 Å². The minimum Gasteiger partial charge on any atom is -0.384 e. The summed E-state index contributed by atoms with van der Waals surface area (Å²) >= 11 is 0. The van der Waals surface area contributed by atoms with Crippen molar-refractivity contribution in [1.82, 2.24) is 10.6 Å². The second-order valence-corrected chi connectivity index (χ2v) is 2.18. The first kappa shape index (κ1) is 8.50. The van der Waals surface area contributed by atoms with Crippen LogP contribution in [0.1, 0.15) is 0 Å². The van der Waals surface area contributed by atoms with Gasteiger partial charge >= 0.3 is 0 Å². The predicted molar refractivity (Wildman–Crippen MR) is 41.2 cm³/mol. The molecule has 7 nitrogen and oxygen atoms in total. The van der Waals surface area contributed by atoms with Crippen molar-refractivity contribution in [3.8, 4) is 0 Å². The first-order valence-corrected chi connectivity index (χ1v) is 3.10. The molecule has 0 spiro atoms. The van der Waals surface area contributed by atoms with E-state index in [1.165, 1.54) is 0 Å². The van der Waals surface area contributed by atoms with Gasteiger partial charge in [0.25, 0.3) is 5.85 Å². The zero-order valence-corrected chi connectivity index (χ0v) is 6.11. The number of nitrogens with one attached hydrogen (secondary N) is 2. The van der Waals surface area contributed by atoms with Gasteiger partial charge in [-0.25, -0.2) is 4.99 Å². The molecule has 0 saturated carbocycles. The van der Waals surface area contributed by atoms with E-state index in [0.29, 0.717) is 6.41 Å². The SMILES string of the molecule is NC1=C(NC=O)C(N)(O)N=CN1. The number of aliphatic hydroxyl groups is 1. The molecule has 0 aliphatic carbocycles. The monoisotopic (exact) mass is 171 g/mol. The molecular formula is C5H9N5O2. The van der Waals surface area contributed by atoms with Crippen LogP contribution in [0, 0.1) is 0 Å². The van der Waals surface area contributed by atoms with E-state index in [0.717, 1.165) is 6.34 Å². The summed E-state index contributed by atoms with van der Waals surface area (Å²) in [7, 11) is 0. The molecule has 1 aliphatic heterocycles. The van der Waals surface area contributed by atoms with Gasteiger partial charge < -0.3 is 21.5 Å². The Morgan fingerprint density at radius 2 is 2.50 bits per heavy atom. The molecule has 0 fully saturated rings. The number of amides is 1. The van der Waals surface area contributed by atoms with Crippen LogP contribution in [0.4, 0.5) is 0 Å². The van der Waals surface area contributed by atoms with E-state index >= 15 is 0 Å². The number of aliphatic imine (C=N–C) groups is 1. The number of carbonyl (C=O) groups is 1. The molecular weight excluding hydrogens is 162 g/mol. The second kappa shape index (κ2) is 2.80. The van der Waals surface area contributed by atoms with Gasteiger partial charge in [0.1, 0.15) is 11.5 Å².